The number of hydrogen-bond acceptors (Lipinski definition) is 3. The highest BCUT2D eigenvalue weighted by Gasteiger charge is 1.94. The number of rotatable bonds is 20. The molecule has 0 amide bonds. The lowest BCUT2D eigenvalue weighted by Gasteiger charge is -2.06. The monoisotopic (exact) mass is 334 g/mol. The van der Waals surface area contributed by atoms with Crippen LogP contribution in [0, 0.1) is 0 Å². The second-order valence-electron chi connectivity index (χ2n) is 6.06. The lowest BCUT2D eigenvalue weighted by Crippen LogP contribution is -2.10. The highest BCUT2D eigenvalue weighted by Crippen LogP contribution is 2.11. The maximum atomic E-state index is 11.7. The number of halogens is 1. The van der Waals surface area contributed by atoms with Crippen molar-refractivity contribution in [1.82, 2.24) is 0 Å². The fourth-order valence-corrected chi connectivity index (χ4v) is 2.46. The van der Waals surface area contributed by atoms with Crippen LogP contribution in [0.4, 0.5) is 4.39 Å². The Morgan fingerprint density at radius 3 is 1.35 bits per heavy atom. The van der Waals surface area contributed by atoms with Gasteiger partial charge in [0.25, 0.3) is 0 Å². The number of unbranched alkanes of at least 4 members (excludes halogenated alkanes) is 10. The van der Waals surface area contributed by atoms with E-state index >= 15 is 0 Å². The molecule has 0 rings (SSSR count). The van der Waals surface area contributed by atoms with Crippen molar-refractivity contribution in [1.29, 1.82) is 0 Å². The molecule has 0 radical (unpaired) electrons. The molecule has 0 aliphatic heterocycles. The van der Waals surface area contributed by atoms with Gasteiger partial charge in [0, 0.05) is 6.61 Å². The van der Waals surface area contributed by atoms with Crippen LogP contribution in [0.5, 0.6) is 0 Å². The Kier molecular flexibility index (Phi) is 21.6. The summed E-state index contributed by atoms with van der Waals surface area (Å²) in [6.07, 6.45) is 14.9. The number of alkyl halides is 1. The molecule has 0 unspecified atom stereocenters. The van der Waals surface area contributed by atoms with Crippen LogP contribution < -0.4 is 0 Å². The van der Waals surface area contributed by atoms with Crippen LogP contribution in [0.15, 0.2) is 0 Å². The first-order valence-corrected chi connectivity index (χ1v) is 9.71. The van der Waals surface area contributed by atoms with Gasteiger partial charge in [-0.05, 0) is 6.42 Å². The van der Waals surface area contributed by atoms with Crippen molar-refractivity contribution < 1.29 is 18.6 Å². The SMILES string of the molecule is CCCCCCCCCCCCCOCCOCCOCCF. The summed E-state index contributed by atoms with van der Waals surface area (Å²) in [5.41, 5.74) is 0. The van der Waals surface area contributed by atoms with E-state index in [9.17, 15) is 4.39 Å². The molecule has 0 fully saturated rings. The van der Waals surface area contributed by atoms with Gasteiger partial charge >= 0.3 is 0 Å². The molecule has 0 aromatic rings. The molecule has 0 saturated heterocycles. The van der Waals surface area contributed by atoms with E-state index in [2.05, 4.69) is 6.92 Å². The van der Waals surface area contributed by atoms with E-state index < -0.39 is 6.67 Å². The quantitative estimate of drug-likeness (QED) is 0.282. The Bertz CT molecular complexity index is 183. The van der Waals surface area contributed by atoms with Crippen molar-refractivity contribution in [3.8, 4) is 0 Å². The highest BCUT2D eigenvalue weighted by molar-refractivity contribution is 4.48. The van der Waals surface area contributed by atoms with Crippen molar-refractivity contribution in [2.75, 3.05) is 46.3 Å². The van der Waals surface area contributed by atoms with Gasteiger partial charge in [-0.15, -0.1) is 0 Å². The van der Waals surface area contributed by atoms with Crippen LogP contribution >= 0.6 is 0 Å². The normalized spacial score (nSPS) is 11.2. The zero-order valence-electron chi connectivity index (χ0n) is 15.3. The van der Waals surface area contributed by atoms with Gasteiger partial charge in [0.1, 0.15) is 6.67 Å². The summed E-state index contributed by atoms with van der Waals surface area (Å²) in [5, 5.41) is 0. The molecule has 0 aromatic carbocycles. The third kappa shape index (κ3) is 21.8. The molecule has 0 aromatic heterocycles. The standard InChI is InChI=1S/C19H39FO3/c1-2-3-4-5-6-7-8-9-10-11-12-14-21-16-18-23-19-17-22-15-13-20/h2-19H2,1H3. The molecular formula is C19H39FO3. The van der Waals surface area contributed by atoms with Gasteiger partial charge in [-0.2, -0.15) is 0 Å². The first-order chi connectivity index (χ1) is 11.4. The molecule has 3 nitrogen and oxygen atoms in total. The largest absolute Gasteiger partial charge is 0.379 e. The first kappa shape index (κ1) is 22.8. The van der Waals surface area contributed by atoms with E-state index in [0.717, 1.165) is 13.0 Å². The van der Waals surface area contributed by atoms with Crippen LogP contribution in [-0.4, -0.2) is 46.3 Å². The Labute approximate surface area is 143 Å². The van der Waals surface area contributed by atoms with Crippen LogP contribution in [-0.2, 0) is 14.2 Å². The fourth-order valence-electron chi connectivity index (χ4n) is 2.46. The topological polar surface area (TPSA) is 27.7 Å². The lowest BCUT2D eigenvalue weighted by atomic mass is 10.1. The second-order valence-corrected chi connectivity index (χ2v) is 6.06. The average molecular weight is 335 g/mol. The van der Waals surface area contributed by atoms with E-state index in [1.165, 1.54) is 64.2 Å². The summed E-state index contributed by atoms with van der Waals surface area (Å²) in [6.45, 7) is 5.05. The molecule has 0 saturated carbocycles. The molecule has 140 valence electrons. The van der Waals surface area contributed by atoms with Crippen molar-refractivity contribution in [2.24, 2.45) is 0 Å². The third-order valence-corrected chi connectivity index (χ3v) is 3.86. The lowest BCUT2D eigenvalue weighted by molar-refractivity contribution is 0.0117. The predicted molar refractivity (Wildman–Crippen MR) is 94.9 cm³/mol. The van der Waals surface area contributed by atoms with Crippen LogP contribution in [0.1, 0.15) is 77.6 Å². The Morgan fingerprint density at radius 1 is 0.478 bits per heavy atom. The fraction of sp³-hybridized carbons (Fsp3) is 1.00. The molecule has 0 bridgehead atoms. The zero-order chi connectivity index (χ0) is 16.8. The minimum Gasteiger partial charge on any atom is -0.379 e. The van der Waals surface area contributed by atoms with Gasteiger partial charge in [-0.3, -0.25) is 0 Å². The summed E-state index contributed by atoms with van der Waals surface area (Å²) >= 11 is 0. The molecule has 0 aliphatic carbocycles. The maximum absolute atomic E-state index is 11.7. The molecule has 0 N–H and O–H groups in total. The van der Waals surface area contributed by atoms with Gasteiger partial charge in [0.05, 0.1) is 33.0 Å². The van der Waals surface area contributed by atoms with Crippen molar-refractivity contribution in [3.63, 3.8) is 0 Å². The molecule has 0 spiro atoms. The van der Waals surface area contributed by atoms with Crippen LogP contribution in [0.25, 0.3) is 0 Å². The minimum absolute atomic E-state index is 0.165. The first-order valence-electron chi connectivity index (χ1n) is 9.71. The minimum atomic E-state index is -0.429. The van der Waals surface area contributed by atoms with Gasteiger partial charge in [0.2, 0.25) is 0 Å². The van der Waals surface area contributed by atoms with E-state index in [0.29, 0.717) is 26.4 Å². The molecular weight excluding hydrogens is 295 g/mol. The van der Waals surface area contributed by atoms with Gasteiger partial charge in [-0.25, -0.2) is 4.39 Å². The number of ether oxygens (including phenoxy) is 3. The summed E-state index contributed by atoms with van der Waals surface area (Å²) in [4.78, 5) is 0. The van der Waals surface area contributed by atoms with Gasteiger partial charge in [0.15, 0.2) is 0 Å². The Hall–Kier alpha value is -0.190. The summed E-state index contributed by atoms with van der Waals surface area (Å²) in [6, 6.07) is 0. The molecule has 23 heavy (non-hydrogen) atoms. The van der Waals surface area contributed by atoms with E-state index in [4.69, 9.17) is 14.2 Å². The van der Waals surface area contributed by atoms with Crippen LogP contribution in [0.2, 0.25) is 0 Å². The highest BCUT2D eigenvalue weighted by atomic mass is 19.1. The van der Waals surface area contributed by atoms with Crippen LogP contribution in [0.3, 0.4) is 0 Å². The van der Waals surface area contributed by atoms with Crippen molar-refractivity contribution >= 4 is 0 Å². The smallest absolute Gasteiger partial charge is 0.113 e. The molecule has 0 aliphatic rings. The summed E-state index contributed by atoms with van der Waals surface area (Å²) in [5.74, 6) is 0. The van der Waals surface area contributed by atoms with Crippen molar-refractivity contribution in [3.05, 3.63) is 0 Å². The third-order valence-electron chi connectivity index (χ3n) is 3.86. The second kappa shape index (κ2) is 21.8. The average Bonchev–Trinajstić information content (AvgIpc) is 2.57. The van der Waals surface area contributed by atoms with Gasteiger partial charge < -0.3 is 14.2 Å². The van der Waals surface area contributed by atoms with Crippen molar-refractivity contribution in [2.45, 2.75) is 77.6 Å². The van der Waals surface area contributed by atoms with E-state index in [1.54, 1.807) is 0 Å². The summed E-state index contributed by atoms with van der Waals surface area (Å²) in [7, 11) is 0. The zero-order valence-corrected chi connectivity index (χ0v) is 15.3. The maximum Gasteiger partial charge on any atom is 0.113 e. The Morgan fingerprint density at radius 2 is 0.870 bits per heavy atom. The molecule has 0 atom stereocenters. The summed E-state index contributed by atoms with van der Waals surface area (Å²) < 4.78 is 27.5. The molecule has 4 heteroatoms. The van der Waals surface area contributed by atoms with E-state index in [-0.39, 0.29) is 6.61 Å². The molecule has 0 heterocycles. The number of hydrogen-bond donors (Lipinski definition) is 0. The Balaban J connectivity index is 2.92. The van der Waals surface area contributed by atoms with Gasteiger partial charge in [-0.1, -0.05) is 71.1 Å². The predicted octanol–water partition coefficient (Wildman–Crippen LogP) is 5.32. The van der Waals surface area contributed by atoms with E-state index in [1.807, 2.05) is 0 Å².